The maximum atomic E-state index is 12.7. The van der Waals surface area contributed by atoms with Crippen LogP contribution in [0.25, 0.3) is 0 Å². The predicted molar refractivity (Wildman–Crippen MR) is 118 cm³/mol. The first-order valence-corrected chi connectivity index (χ1v) is 15.0. The van der Waals surface area contributed by atoms with Crippen LogP contribution in [0.2, 0.25) is 16.9 Å². The Kier molecular flexibility index (Phi) is 12.8. The van der Waals surface area contributed by atoms with Gasteiger partial charge in [-0.05, 0) is 0 Å². The van der Waals surface area contributed by atoms with Crippen molar-refractivity contribution < 1.29 is 45.4 Å². The predicted octanol–water partition coefficient (Wildman–Crippen LogP) is 5.21. The van der Waals surface area contributed by atoms with Gasteiger partial charge in [0.15, 0.2) is 0 Å². The molecule has 0 aliphatic carbocycles. The molecular weight excluding hydrogens is 432 g/mol. The summed E-state index contributed by atoms with van der Waals surface area (Å²) >= 11 is -3.11. The minimum atomic E-state index is -3.11. The molecule has 31 heavy (non-hydrogen) atoms. The van der Waals surface area contributed by atoms with E-state index in [1.807, 2.05) is 13.8 Å². The van der Waals surface area contributed by atoms with Crippen LogP contribution in [0.1, 0.15) is 93.9 Å². The van der Waals surface area contributed by atoms with Gasteiger partial charge in [0.25, 0.3) is 0 Å². The van der Waals surface area contributed by atoms with Gasteiger partial charge in [-0.2, -0.15) is 0 Å². The molecule has 0 spiro atoms. The molecule has 0 amide bonds. The van der Waals surface area contributed by atoms with Crippen molar-refractivity contribution in [2.45, 2.75) is 111 Å². The van der Waals surface area contributed by atoms with Gasteiger partial charge in [0.1, 0.15) is 0 Å². The number of carbonyl (C=O) groups is 6. The summed E-state index contributed by atoms with van der Waals surface area (Å²) in [6, 6.07) is 0. The third kappa shape index (κ3) is 7.98. The van der Waals surface area contributed by atoms with E-state index in [1.165, 1.54) is 13.8 Å². The molecule has 0 radical (unpaired) electrons. The number of ketones is 6. The quantitative estimate of drug-likeness (QED) is 0.174. The molecule has 0 fully saturated rings. The van der Waals surface area contributed by atoms with Crippen LogP contribution in [0, 0.1) is 0 Å². The zero-order valence-electron chi connectivity index (χ0n) is 20.5. The molecule has 6 nitrogen and oxygen atoms in total. The van der Waals surface area contributed by atoms with E-state index < -0.39 is 39.7 Å². The molecule has 0 heterocycles. The van der Waals surface area contributed by atoms with Gasteiger partial charge in [0, 0.05) is 0 Å². The third-order valence-electron chi connectivity index (χ3n) is 6.70. The van der Waals surface area contributed by atoms with Crippen molar-refractivity contribution in [3.05, 3.63) is 0 Å². The van der Waals surface area contributed by atoms with Crippen LogP contribution < -0.4 is 0 Å². The van der Waals surface area contributed by atoms with E-state index in [9.17, 15) is 28.8 Å². The molecule has 2 atom stereocenters. The van der Waals surface area contributed by atoms with E-state index in [2.05, 4.69) is 27.7 Å². The molecule has 0 saturated carbocycles. The number of rotatable bonds is 16. The van der Waals surface area contributed by atoms with E-state index in [1.54, 1.807) is 0 Å². The molecule has 0 N–H and O–H groups in total. The van der Waals surface area contributed by atoms with Crippen molar-refractivity contribution >= 4 is 34.7 Å². The molecule has 7 heteroatoms. The van der Waals surface area contributed by atoms with Crippen molar-refractivity contribution in [3.8, 4) is 0 Å². The molecule has 0 bridgehead atoms. The van der Waals surface area contributed by atoms with E-state index in [4.69, 9.17) is 0 Å². The van der Waals surface area contributed by atoms with Gasteiger partial charge in [0.2, 0.25) is 0 Å². The number of Topliss-reactive ketones (excluding diaryl/α,β-unsaturated/α-hetero) is 6. The molecule has 0 saturated heterocycles. The number of hydrogen-bond donors (Lipinski definition) is 0. The summed E-state index contributed by atoms with van der Waals surface area (Å²) in [5, 5.41) is 0. The summed E-state index contributed by atoms with van der Waals surface area (Å²) in [5.41, 5.74) is 0. The summed E-state index contributed by atoms with van der Waals surface area (Å²) in [5.74, 6) is -2.95. The van der Waals surface area contributed by atoms with E-state index in [-0.39, 0.29) is 54.1 Å². The third-order valence-corrected chi connectivity index (χ3v) is 19.3. The van der Waals surface area contributed by atoms with Crippen LogP contribution in [0.5, 0.6) is 0 Å². The minimum absolute atomic E-state index is 0.00377. The first-order valence-electron chi connectivity index (χ1n) is 11.4. The molecule has 2 unspecified atom stereocenters. The second-order valence-electron chi connectivity index (χ2n) is 9.38. The van der Waals surface area contributed by atoms with Gasteiger partial charge in [-0.3, -0.25) is 0 Å². The molecular formula is C24H40O6Ti. The van der Waals surface area contributed by atoms with Crippen LogP contribution in [0.15, 0.2) is 0 Å². The Morgan fingerprint density at radius 3 is 1.06 bits per heavy atom. The fourth-order valence-electron chi connectivity index (χ4n) is 5.56. The second-order valence-corrected chi connectivity index (χ2v) is 18.7. The van der Waals surface area contributed by atoms with Crippen LogP contribution in [-0.4, -0.2) is 34.7 Å². The van der Waals surface area contributed by atoms with Crippen molar-refractivity contribution in [1.29, 1.82) is 0 Å². The Morgan fingerprint density at radius 2 is 0.871 bits per heavy atom. The molecule has 176 valence electrons. The first-order chi connectivity index (χ1) is 14.2. The SMILES string of the molecule is CC[CH](CC(=O)C(=O)CC(C)=O)[Ti]([CH](C)C)([CH](C)C)[CH](CC)CC(=O)C(=O)CC(C)=O. The maximum absolute atomic E-state index is 12.7. The van der Waals surface area contributed by atoms with Gasteiger partial charge < -0.3 is 0 Å². The van der Waals surface area contributed by atoms with E-state index in [0.29, 0.717) is 12.8 Å². The Hall–Kier alpha value is -1.27. The Morgan fingerprint density at radius 1 is 0.581 bits per heavy atom. The first kappa shape index (κ1) is 29.7. The Labute approximate surface area is 190 Å². The number of carbonyl (C=O) groups excluding carboxylic acids is 6. The molecule has 0 aromatic carbocycles. The van der Waals surface area contributed by atoms with Gasteiger partial charge in [-0.25, -0.2) is 0 Å². The van der Waals surface area contributed by atoms with Crippen LogP contribution in [0.3, 0.4) is 0 Å². The standard InChI is InChI=1S/2C9H13O3.2C3H7.Ti/c2*1-3-4-5-8(11)9(12)6-7(2)10;2*1-3-2;/h2*4H,3,5-6H2,1-2H3;2*3H,1-2H3;. The van der Waals surface area contributed by atoms with E-state index >= 15 is 0 Å². The van der Waals surface area contributed by atoms with Crippen molar-refractivity contribution in [3.63, 3.8) is 0 Å². The Bertz CT molecular complexity index is 647. The van der Waals surface area contributed by atoms with Crippen LogP contribution >= 0.6 is 0 Å². The fraction of sp³-hybridized carbons (Fsp3) is 0.750. The normalized spacial score (nSPS) is 13.7. The monoisotopic (exact) mass is 472 g/mol. The van der Waals surface area contributed by atoms with E-state index in [0.717, 1.165) is 0 Å². The molecule has 0 aliphatic heterocycles. The fourth-order valence-corrected chi connectivity index (χ4v) is 18.5. The Balaban J connectivity index is 6.12. The van der Waals surface area contributed by atoms with Crippen molar-refractivity contribution in [1.82, 2.24) is 0 Å². The summed E-state index contributed by atoms with van der Waals surface area (Å²) < 4.78 is 0.538. The van der Waals surface area contributed by atoms with Crippen molar-refractivity contribution in [2.75, 3.05) is 0 Å². The van der Waals surface area contributed by atoms with Gasteiger partial charge in [0.05, 0.1) is 0 Å². The van der Waals surface area contributed by atoms with Gasteiger partial charge >= 0.3 is 191 Å². The average molecular weight is 472 g/mol. The van der Waals surface area contributed by atoms with Crippen LogP contribution in [0.4, 0.5) is 0 Å². The topological polar surface area (TPSA) is 102 Å². The molecule has 0 aromatic rings. The van der Waals surface area contributed by atoms with Gasteiger partial charge in [-0.1, -0.05) is 0 Å². The molecule has 0 aromatic heterocycles. The van der Waals surface area contributed by atoms with Crippen LogP contribution in [-0.2, 0) is 45.4 Å². The van der Waals surface area contributed by atoms with Crippen molar-refractivity contribution in [2.24, 2.45) is 0 Å². The van der Waals surface area contributed by atoms with Gasteiger partial charge in [-0.15, -0.1) is 0 Å². The zero-order valence-corrected chi connectivity index (χ0v) is 22.1. The summed E-state index contributed by atoms with van der Waals surface area (Å²) in [6.07, 6.45) is 0.890. The summed E-state index contributed by atoms with van der Waals surface area (Å²) in [7, 11) is 0. The zero-order chi connectivity index (χ0) is 24.5. The second kappa shape index (κ2) is 13.3. The molecule has 0 rings (SSSR count). The molecule has 0 aliphatic rings. The average Bonchev–Trinajstić information content (AvgIpc) is 2.64. The summed E-state index contributed by atoms with van der Waals surface area (Å²) in [4.78, 5) is 72.3. The number of hydrogen-bond acceptors (Lipinski definition) is 6. The summed E-state index contributed by atoms with van der Waals surface area (Å²) in [6.45, 7) is 15.1.